The van der Waals surface area contributed by atoms with Crippen molar-refractivity contribution in [3.8, 4) is 0 Å². The molecule has 0 saturated carbocycles. The van der Waals surface area contributed by atoms with E-state index in [0.29, 0.717) is 6.42 Å². The van der Waals surface area contributed by atoms with Crippen LogP contribution in [-0.2, 0) is 14.4 Å². The maximum Gasteiger partial charge on any atom is 0.326 e. The molecular formula is C10H16N4O4. The van der Waals surface area contributed by atoms with Crippen molar-refractivity contribution in [3.05, 3.63) is 0 Å². The molecule has 0 radical (unpaired) electrons. The molecule has 1 heterocycles. The molecule has 5 amide bonds. The van der Waals surface area contributed by atoms with Crippen molar-refractivity contribution in [2.24, 2.45) is 5.73 Å². The van der Waals surface area contributed by atoms with E-state index < -0.39 is 5.91 Å². The number of imide groups is 1. The highest BCUT2D eigenvalue weighted by Gasteiger charge is 2.32. The Kier molecular flexibility index (Phi) is 4.64. The number of hydrogen-bond acceptors (Lipinski definition) is 4. The number of nitrogens with zero attached hydrogens (tertiary/aromatic N) is 2. The highest BCUT2D eigenvalue weighted by Crippen LogP contribution is 2.08. The summed E-state index contributed by atoms with van der Waals surface area (Å²) in [7, 11) is 1.54. The molecule has 1 fully saturated rings. The highest BCUT2D eigenvalue weighted by molar-refractivity contribution is 6.01. The van der Waals surface area contributed by atoms with Crippen LogP contribution in [0.5, 0.6) is 0 Å². The zero-order valence-electron chi connectivity index (χ0n) is 10.1. The van der Waals surface area contributed by atoms with E-state index in [1.165, 1.54) is 4.90 Å². The van der Waals surface area contributed by atoms with Gasteiger partial charge >= 0.3 is 6.03 Å². The predicted octanol–water partition coefficient (Wildman–Crippen LogP) is -1.74. The quantitative estimate of drug-likeness (QED) is 0.549. The molecule has 0 aromatic carbocycles. The van der Waals surface area contributed by atoms with Gasteiger partial charge in [0, 0.05) is 20.0 Å². The smallest absolute Gasteiger partial charge is 0.326 e. The van der Waals surface area contributed by atoms with Crippen LogP contribution in [0.15, 0.2) is 0 Å². The Morgan fingerprint density at radius 1 is 1.39 bits per heavy atom. The fourth-order valence-corrected chi connectivity index (χ4v) is 1.56. The van der Waals surface area contributed by atoms with Crippen molar-refractivity contribution >= 4 is 23.8 Å². The van der Waals surface area contributed by atoms with Crippen molar-refractivity contribution < 1.29 is 19.2 Å². The molecule has 8 heteroatoms. The lowest BCUT2D eigenvalue weighted by atomic mass is 10.3. The zero-order chi connectivity index (χ0) is 13.7. The van der Waals surface area contributed by atoms with Gasteiger partial charge in [0.05, 0.1) is 6.54 Å². The molecule has 100 valence electrons. The molecule has 0 aromatic rings. The summed E-state index contributed by atoms with van der Waals surface area (Å²) in [5.41, 5.74) is 4.86. The van der Waals surface area contributed by atoms with Crippen LogP contribution < -0.4 is 11.1 Å². The summed E-state index contributed by atoms with van der Waals surface area (Å²) < 4.78 is 0. The summed E-state index contributed by atoms with van der Waals surface area (Å²) in [4.78, 5) is 46.9. The van der Waals surface area contributed by atoms with Crippen molar-refractivity contribution in [1.29, 1.82) is 0 Å². The molecule has 1 saturated heterocycles. The second kappa shape index (κ2) is 5.99. The maximum atomic E-state index is 11.5. The average Bonchev–Trinajstić information content (AvgIpc) is 2.53. The lowest BCUT2D eigenvalue weighted by Crippen LogP contribution is -2.35. The van der Waals surface area contributed by atoms with Crippen molar-refractivity contribution in [2.75, 3.05) is 26.7 Å². The van der Waals surface area contributed by atoms with Gasteiger partial charge in [-0.1, -0.05) is 0 Å². The molecule has 18 heavy (non-hydrogen) atoms. The van der Waals surface area contributed by atoms with Gasteiger partial charge in [0.1, 0.15) is 6.54 Å². The third-order valence-electron chi connectivity index (χ3n) is 2.48. The standard InChI is InChI=1S/C10H16N4O4/c1-13-6-9(17)14(10(13)18)4-2-3-8(16)12-5-7(11)15/h2-6H2,1H3,(H2,11,15)(H,12,16). The highest BCUT2D eigenvalue weighted by atomic mass is 16.2. The number of hydrogen-bond donors (Lipinski definition) is 2. The Morgan fingerprint density at radius 2 is 2.06 bits per heavy atom. The zero-order valence-corrected chi connectivity index (χ0v) is 10.1. The van der Waals surface area contributed by atoms with Crippen LogP contribution >= 0.6 is 0 Å². The Balaban J connectivity index is 2.25. The minimum atomic E-state index is -0.616. The third-order valence-corrected chi connectivity index (χ3v) is 2.48. The fraction of sp³-hybridized carbons (Fsp3) is 0.600. The molecule has 1 rings (SSSR count). The number of carbonyl (C=O) groups is 4. The Bertz CT molecular complexity index is 382. The Morgan fingerprint density at radius 3 is 2.56 bits per heavy atom. The fourth-order valence-electron chi connectivity index (χ4n) is 1.56. The largest absolute Gasteiger partial charge is 0.368 e. The van der Waals surface area contributed by atoms with Crippen LogP contribution in [0.3, 0.4) is 0 Å². The first kappa shape index (κ1) is 13.9. The summed E-state index contributed by atoms with van der Waals surface area (Å²) >= 11 is 0. The molecule has 1 aliphatic heterocycles. The van der Waals surface area contributed by atoms with Gasteiger partial charge in [-0.3, -0.25) is 19.3 Å². The Labute approximate surface area is 104 Å². The van der Waals surface area contributed by atoms with E-state index in [0.717, 1.165) is 4.90 Å². The van der Waals surface area contributed by atoms with E-state index in [4.69, 9.17) is 5.73 Å². The molecule has 0 bridgehead atoms. The van der Waals surface area contributed by atoms with E-state index in [1.807, 2.05) is 0 Å². The minimum Gasteiger partial charge on any atom is -0.368 e. The van der Waals surface area contributed by atoms with Gasteiger partial charge in [-0.2, -0.15) is 0 Å². The molecule has 0 spiro atoms. The first-order valence-corrected chi connectivity index (χ1v) is 5.52. The van der Waals surface area contributed by atoms with Crippen LogP contribution in [0.2, 0.25) is 0 Å². The second-order valence-electron chi connectivity index (χ2n) is 4.03. The lowest BCUT2D eigenvalue weighted by Gasteiger charge is -2.13. The first-order valence-electron chi connectivity index (χ1n) is 5.52. The molecule has 1 aliphatic rings. The van der Waals surface area contributed by atoms with E-state index in [2.05, 4.69) is 5.32 Å². The van der Waals surface area contributed by atoms with Gasteiger partial charge in [0.25, 0.3) is 0 Å². The van der Waals surface area contributed by atoms with E-state index in [-0.39, 0.29) is 43.9 Å². The summed E-state index contributed by atoms with van der Waals surface area (Å²) in [5, 5.41) is 2.33. The number of likely N-dealkylation sites (N-methyl/N-ethyl adjacent to an activating group) is 1. The van der Waals surface area contributed by atoms with Gasteiger partial charge in [-0.05, 0) is 6.42 Å². The number of nitrogens with one attached hydrogen (secondary N) is 1. The van der Waals surface area contributed by atoms with Crippen LogP contribution in [0.4, 0.5) is 4.79 Å². The molecular weight excluding hydrogens is 240 g/mol. The number of primary amides is 1. The summed E-state index contributed by atoms with van der Waals surface area (Å²) in [6.45, 7) is 0.0713. The van der Waals surface area contributed by atoms with Crippen molar-refractivity contribution in [3.63, 3.8) is 0 Å². The summed E-state index contributed by atoms with van der Waals surface area (Å²) in [6, 6.07) is -0.349. The van der Waals surface area contributed by atoms with Gasteiger partial charge in [-0.25, -0.2) is 4.79 Å². The molecule has 0 atom stereocenters. The van der Waals surface area contributed by atoms with Gasteiger partial charge in [0.15, 0.2) is 0 Å². The topological polar surface area (TPSA) is 113 Å². The van der Waals surface area contributed by atoms with Gasteiger partial charge < -0.3 is 16.0 Å². The van der Waals surface area contributed by atoms with Crippen LogP contribution in [0.1, 0.15) is 12.8 Å². The maximum absolute atomic E-state index is 11.5. The molecule has 3 N–H and O–H groups in total. The van der Waals surface area contributed by atoms with Gasteiger partial charge in [0.2, 0.25) is 17.7 Å². The number of nitrogens with two attached hydrogens (primary N) is 1. The number of urea groups is 1. The van der Waals surface area contributed by atoms with E-state index in [1.54, 1.807) is 7.05 Å². The Hall–Kier alpha value is -2.12. The lowest BCUT2D eigenvalue weighted by molar-refractivity contribution is -0.126. The molecule has 0 unspecified atom stereocenters. The van der Waals surface area contributed by atoms with Crippen LogP contribution in [0, 0.1) is 0 Å². The number of amides is 5. The van der Waals surface area contributed by atoms with Crippen LogP contribution in [-0.4, -0.2) is 60.2 Å². The molecule has 8 nitrogen and oxygen atoms in total. The normalized spacial score (nSPS) is 15.2. The monoisotopic (exact) mass is 256 g/mol. The minimum absolute atomic E-state index is 0.0761. The van der Waals surface area contributed by atoms with Crippen molar-refractivity contribution in [2.45, 2.75) is 12.8 Å². The predicted molar refractivity (Wildman–Crippen MR) is 61.2 cm³/mol. The SMILES string of the molecule is CN1CC(=O)N(CCCC(=O)NCC(N)=O)C1=O. The van der Waals surface area contributed by atoms with E-state index in [9.17, 15) is 19.2 Å². The summed E-state index contributed by atoms with van der Waals surface area (Å²) in [6.07, 6.45) is 0.490. The van der Waals surface area contributed by atoms with Crippen LogP contribution in [0.25, 0.3) is 0 Å². The van der Waals surface area contributed by atoms with Crippen molar-refractivity contribution in [1.82, 2.24) is 15.1 Å². The summed E-state index contributed by atoms with van der Waals surface area (Å²) in [5.74, 6) is -1.21. The first-order chi connectivity index (χ1) is 8.41. The number of carbonyl (C=O) groups excluding carboxylic acids is 4. The molecule has 0 aromatic heterocycles. The number of rotatable bonds is 6. The van der Waals surface area contributed by atoms with Gasteiger partial charge in [-0.15, -0.1) is 0 Å². The third kappa shape index (κ3) is 3.72. The average molecular weight is 256 g/mol. The van der Waals surface area contributed by atoms with E-state index >= 15 is 0 Å². The molecule has 0 aliphatic carbocycles. The second-order valence-corrected chi connectivity index (χ2v) is 4.03.